The molecular weight excluding hydrogens is 690 g/mol. The van der Waals surface area contributed by atoms with Gasteiger partial charge in [-0.1, -0.05) is 103 Å². The molecule has 0 bridgehead atoms. The van der Waals surface area contributed by atoms with Gasteiger partial charge in [0.25, 0.3) is 0 Å². The Kier molecular flexibility index (Phi) is 17.3. The van der Waals surface area contributed by atoms with Gasteiger partial charge in [-0.2, -0.15) is 52.7 Å². The van der Waals surface area contributed by atoms with Crippen molar-refractivity contribution in [2.24, 2.45) is 0 Å². The molecule has 0 atom stereocenters. The van der Waals surface area contributed by atoms with Gasteiger partial charge in [0.05, 0.1) is 28.8 Å². The Hall–Kier alpha value is -3.13. The smallest absolute Gasteiger partial charge is 0.277 e. The lowest BCUT2D eigenvalue weighted by Crippen LogP contribution is -2.76. The predicted octanol–water partition coefficient (Wildman–Crippen LogP) is 12.0. The first-order valence-corrected chi connectivity index (χ1v) is 17.0. The van der Waals surface area contributed by atoms with E-state index in [-0.39, 0.29) is 18.7 Å². The standard InChI is InChI=1S/C35H45F12N3/c1-2-3-4-5-6-7-8-9-10-11-12-13-14-15-16-17-18-48-31(49-29-21-25(32(36,37)38)19-26(22-29)33(39,40)41)50-30-23-27(34(42,43)44)20-28(24-30)35(45,46)47/h19-24H,2-18H2,1H3,(H2,48,49,50)/p+1. The largest absolute Gasteiger partial charge is 0.416 e. The number of benzene rings is 2. The minimum absolute atomic E-state index is 0.0595. The number of anilines is 2. The monoisotopic (exact) mass is 736 g/mol. The van der Waals surface area contributed by atoms with Crippen LogP contribution in [-0.2, 0) is 24.7 Å². The van der Waals surface area contributed by atoms with Gasteiger partial charge < -0.3 is 0 Å². The van der Waals surface area contributed by atoms with E-state index in [2.05, 4.69) is 22.5 Å². The zero-order chi connectivity index (χ0) is 37.4. The normalized spacial score (nSPS) is 12.7. The molecule has 0 unspecified atom stereocenters. The Morgan fingerprint density at radius 1 is 0.420 bits per heavy atom. The molecule has 50 heavy (non-hydrogen) atoms. The lowest BCUT2D eigenvalue weighted by Gasteiger charge is -2.15. The van der Waals surface area contributed by atoms with E-state index in [4.69, 9.17) is 0 Å². The summed E-state index contributed by atoms with van der Waals surface area (Å²) in [6.07, 6.45) is -3.23. The first-order chi connectivity index (χ1) is 23.3. The van der Waals surface area contributed by atoms with E-state index in [0.29, 0.717) is 37.1 Å². The molecule has 284 valence electrons. The Morgan fingerprint density at radius 2 is 0.680 bits per heavy atom. The summed E-state index contributed by atoms with van der Waals surface area (Å²) in [6, 6.07) is 1.18. The molecule has 15 heteroatoms. The topological polar surface area (TPSA) is 38.0 Å². The van der Waals surface area contributed by atoms with E-state index in [0.717, 1.165) is 32.1 Å². The molecule has 0 saturated heterocycles. The van der Waals surface area contributed by atoms with Crippen molar-refractivity contribution in [3.05, 3.63) is 58.7 Å². The third kappa shape index (κ3) is 16.7. The number of hydrogen-bond acceptors (Lipinski definition) is 0. The van der Waals surface area contributed by atoms with Gasteiger partial charge >= 0.3 is 30.7 Å². The average Bonchev–Trinajstić information content (AvgIpc) is 3.00. The van der Waals surface area contributed by atoms with E-state index in [9.17, 15) is 52.7 Å². The zero-order valence-corrected chi connectivity index (χ0v) is 28.0. The van der Waals surface area contributed by atoms with Gasteiger partial charge in [0.15, 0.2) is 0 Å². The number of rotatable bonds is 19. The fourth-order valence-electron chi connectivity index (χ4n) is 5.35. The van der Waals surface area contributed by atoms with Crippen molar-refractivity contribution in [2.45, 2.75) is 134 Å². The van der Waals surface area contributed by atoms with Gasteiger partial charge in [0.1, 0.15) is 11.4 Å². The number of hydrogen-bond donors (Lipinski definition) is 3. The first-order valence-electron chi connectivity index (χ1n) is 17.0. The van der Waals surface area contributed by atoms with Crippen LogP contribution in [0.1, 0.15) is 132 Å². The summed E-state index contributed by atoms with van der Waals surface area (Å²) in [5.41, 5.74) is -8.15. The van der Waals surface area contributed by atoms with Crippen LogP contribution >= 0.6 is 0 Å². The molecule has 0 saturated carbocycles. The molecule has 2 rings (SSSR count). The Labute approximate surface area is 285 Å². The molecule has 0 aromatic heterocycles. The quantitative estimate of drug-likeness (QED) is 0.0581. The van der Waals surface area contributed by atoms with Crippen molar-refractivity contribution in [1.82, 2.24) is 0 Å². The number of unbranched alkanes of at least 4 members (excludes halogenated alkanes) is 15. The summed E-state index contributed by atoms with van der Waals surface area (Å²) in [6.45, 7) is 2.25. The molecule has 0 heterocycles. The second kappa shape index (κ2) is 20.0. The fourth-order valence-corrected chi connectivity index (χ4v) is 5.35. The molecular formula is C35H46F12N3+. The SMILES string of the molecule is CCCCCCCCCCCCCCCCCC[NH+]=C(Nc1cc(C(F)(F)F)cc(C(F)(F)F)c1)Nc1cc(C(F)(F)F)cc(C(F)(F)F)c1. The third-order valence-electron chi connectivity index (χ3n) is 8.05. The molecule has 3 N–H and O–H groups in total. The van der Waals surface area contributed by atoms with Crippen molar-refractivity contribution >= 4 is 17.3 Å². The maximum absolute atomic E-state index is 13.4. The number of alkyl halides is 12. The van der Waals surface area contributed by atoms with Crippen LogP contribution in [0.5, 0.6) is 0 Å². The van der Waals surface area contributed by atoms with Gasteiger partial charge in [0.2, 0.25) is 0 Å². The highest BCUT2D eigenvalue weighted by Crippen LogP contribution is 2.39. The maximum atomic E-state index is 13.4. The minimum Gasteiger partial charge on any atom is -0.277 e. The lowest BCUT2D eigenvalue weighted by molar-refractivity contribution is -0.457. The van der Waals surface area contributed by atoms with Crippen LogP contribution in [-0.4, -0.2) is 12.5 Å². The fraction of sp³-hybridized carbons (Fsp3) is 0.629. The molecule has 2 aromatic carbocycles. The highest BCUT2D eigenvalue weighted by atomic mass is 19.4. The summed E-state index contributed by atoms with van der Waals surface area (Å²) < 4.78 is 161. The number of nitrogens with one attached hydrogen (secondary N) is 3. The second-order valence-electron chi connectivity index (χ2n) is 12.4. The molecule has 0 aliphatic heterocycles. The highest BCUT2D eigenvalue weighted by Gasteiger charge is 2.39. The Morgan fingerprint density at radius 3 is 0.940 bits per heavy atom. The van der Waals surface area contributed by atoms with Crippen LogP contribution in [0.4, 0.5) is 64.1 Å². The predicted molar refractivity (Wildman–Crippen MR) is 171 cm³/mol. The van der Waals surface area contributed by atoms with Gasteiger partial charge in [-0.15, -0.1) is 0 Å². The molecule has 0 spiro atoms. The summed E-state index contributed by atoms with van der Waals surface area (Å²) in [5.74, 6) is -0.508. The Balaban J connectivity index is 2.07. The van der Waals surface area contributed by atoms with Crippen LogP contribution in [0.3, 0.4) is 0 Å². The second-order valence-corrected chi connectivity index (χ2v) is 12.4. The van der Waals surface area contributed by atoms with Crippen molar-refractivity contribution < 1.29 is 57.7 Å². The van der Waals surface area contributed by atoms with Gasteiger partial charge in [-0.3, -0.25) is 4.99 Å². The highest BCUT2D eigenvalue weighted by molar-refractivity contribution is 6.00. The molecule has 0 aliphatic rings. The minimum atomic E-state index is -5.19. The number of halogens is 12. The summed E-state index contributed by atoms with van der Waals surface area (Å²) in [5, 5.41) is 4.51. The van der Waals surface area contributed by atoms with Gasteiger partial charge in [-0.25, -0.2) is 10.6 Å². The van der Waals surface area contributed by atoms with Gasteiger partial charge in [0, 0.05) is 0 Å². The van der Waals surface area contributed by atoms with E-state index in [1.54, 1.807) is 0 Å². The average molecular weight is 737 g/mol. The third-order valence-corrected chi connectivity index (χ3v) is 8.05. The van der Waals surface area contributed by atoms with Crippen LogP contribution in [0, 0.1) is 0 Å². The van der Waals surface area contributed by atoms with Crippen LogP contribution in [0.2, 0.25) is 0 Å². The molecule has 0 fully saturated rings. The summed E-state index contributed by atoms with van der Waals surface area (Å²) in [7, 11) is 0. The summed E-state index contributed by atoms with van der Waals surface area (Å²) in [4.78, 5) is 2.67. The maximum Gasteiger partial charge on any atom is 0.416 e. The van der Waals surface area contributed by atoms with Gasteiger partial charge in [-0.05, 0) is 42.8 Å². The van der Waals surface area contributed by atoms with Crippen molar-refractivity contribution in [2.75, 3.05) is 17.2 Å². The first kappa shape index (κ1) is 43.0. The number of guanidine groups is 1. The zero-order valence-electron chi connectivity index (χ0n) is 28.0. The molecule has 0 aliphatic carbocycles. The van der Waals surface area contributed by atoms with Crippen LogP contribution < -0.4 is 15.6 Å². The van der Waals surface area contributed by atoms with E-state index < -0.39 is 64.3 Å². The van der Waals surface area contributed by atoms with Crippen LogP contribution in [0.25, 0.3) is 0 Å². The van der Waals surface area contributed by atoms with E-state index in [1.165, 1.54) is 57.8 Å². The van der Waals surface area contributed by atoms with Crippen LogP contribution in [0.15, 0.2) is 36.4 Å². The molecule has 0 amide bonds. The van der Waals surface area contributed by atoms with Crippen molar-refractivity contribution in [3.63, 3.8) is 0 Å². The molecule has 0 radical (unpaired) electrons. The molecule has 3 nitrogen and oxygen atoms in total. The van der Waals surface area contributed by atoms with E-state index >= 15 is 0 Å². The summed E-state index contributed by atoms with van der Waals surface area (Å²) >= 11 is 0. The lowest BCUT2D eigenvalue weighted by atomic mass is 10.0. The van der Waals surface area contributed by atoms with E-state index in [1.807, 2.05) is 0 Å². The Bertz CT molecular complexity index is 1170. The van der Waals surface area contributed by atoms with Crippen molar-refractivity contribution in [1.29, 1.82) is 0 Å². The van der Waals surface area contributed by atoms with Crippen molar-refractivity contribution in [3.8, 4) is 0 Å². The molecule has 2 aromatic rings.